The van der Waals surface area contributed by atoms with Crippen LogP contribution in [-0.2, 0) is 0 Å². The van der Waals surface area contributed by atoms with Crippen molar-refractivity contribution in [3.8, 4) is 0 Å². The third-order valence-corrected chi connectivity index (χ3v) is 2.27. The van der Waals surface area contributed by atoms with E-state index in [0.717, 1.165) is 4.47 Å². The Morgan fingerprint density at radius 1 is 1.86 bits per heavy atom. The molecule has 0 aromatic rings. The van der Waals surface area contributed by atoms with Gasteiger partial charge in [0.15, 0.2) is 0 Å². The molecule has 0 saturated carbocycles. The second kappa shape index (κ2) is 1.68. The van der Waals surface area contributed by atoms with Crippen LogP contribution in [0.1, 0.15) is 0 Å². The molecule has 2 nitrogen and oxygen atoms in total. The van der Waals surface area contributed by atoms with Crippen LogP contribution in [0.15, 0.2) is 11.1 Å². The van der Waals surface area contributed by atoms with Crippen molar-refractivity contribution >= 4 is 19.8 Å². The van der Waals surface area contributed by atoms with Gasteiger partial charge in [-0.05, 0) is 0 Å². The van der Waals surface area contributed by atoms with Crippen LogP contribution >= 0.6 is 0 Å². The average Bonchev–Trinajstić information content (AvgIpc) is 1.87. The van der Waals surface area contributed by atoms with Crippen LogP contribution in [0.25, 0.3) is 0 Å². The van der Waals surface area contributed by atoms with Crippen molar-refractivity contribution < 1.29 is 4.79 Å². The molecule has 0 unspecified atom stereocenters. The SMILES string of the molecule is C=C1CNC(=O)[Se]1. The van der Waals surface area contributed by atoms with Crippen LogP contribution in [0.3, 0.4) is 0 Å². The van der Waals surface area contributed by atoms with Crippen molar-refractivity contribution in [2.24, 2.45) is 0 Å². The van der Waals surface area contributed by atoms with Gasteiger partial charge in [0.1, 0.15) is 0 Å². The topological polar surface area (TPSA) is 29.1 Å². The Hall–Kier alpha value is -0.271. The van der Waals surface area contributed by atoms with Crippen LogP contribution in [0, 0.1) is 0 Å². The van der Waals surface area contributed by atoms with Crippen molar-refractivity contribution in [1.82, 2.24) is 5.32 Å². The maximum absolute atomic E-state index is 10.3. The first-order chi connectivity index (χ1) is 3.29. The fourth-order valence-electron chi connectivity index (χ4n) is 0.374. The van der Waals surface area contributed by atoms with Crippen molar-refractivity contribution in [2.45, 2.75) is 0 Å². The number of nitrogens with one attached hydrogen (secondary N) is 1. The average molecular weight is 162 g/mol. The van der Waals surface area contributed by atoms with Crippen LogP contribution in [0.4, 0.5) is 4.79 Å². The Kier molecular flexibility index (Phi) is 1.17. The molecule has 1 heterocycles. The molecule has 1 saturated heterocycles. The summed E-state index contributed by atoms with van der Waals surface area (Å²) in [5, 5.41) is 2.66. The minimum atomic E-state index is 0.0417. The zero-order valence-corrected chi connectivity index (χ0v) is 5.44. The summed E-state index contributed by atoms with van der Waals surface area (Å²) in [6.45, 7) is 4.36. The van der Waals surface area contributed by atoms with Gasteiger partial charge in [-0.2, -0.15) is 0 Å². The Morgan fingerprint density at radius 2 is 2.57 bits per heavy atom. The van der Waals surface area contributed by atoms with E-state index < -0.39 is 0 Å². The summed E-state index contributed by atoms with van der Waals surface area (Å²) in [6, 6.07) is 0. The van der Waals surface area contributed by atoms with Gasteiger partial charge in [-0.3, -0.25) is 0 Å². The van der Waals surface area contributed by atoms with Gasteiger partial charge in [-0.25, -0.2) is 0 Å². The Morgan fingerprint density at radius 3 is 2.71 bits per heavy atom. The van der Waals surface area contributed by atoms with E-state index in [1.807, 2.05) is 0 Å². The summed E-state index contributed by atoms with van der Waals surface area (Å²) in [4.78, 5) is 10.5. The van der Waals surface area contributed by atoms with E-state index in [1.165, 1.54) is 0 Å². The molecular formula is C4H5NOSe. The summed E-state index contributed by atoms with van der Waals surface area (Å²) < 4.78 is 1.05. The normalized spacial score (nSPS) is 20.0. The van der Waals surface area contributed by atoms with Gasteiger partial charge in [-0.1, -0.05) is 0 Å². The van der Waals surface area contributed by atoms with Gasteiger partial charge in [-0.15, -0.1) is 0 Å². The number of amides is 1. The molecule has 0 radical (unpaired) electrons. The van der Waals surface area contributed by atoms with Crippen LogP contribution in [0.5, 0.6) is 0 Å². The number of carbonyl (C=O) groups is 1. The van der Waals surface area contributed by atoms with E-state index >= 15 is 0 Å². The third kappa shape index (κ3) is 1.05. The molecule has 1 rings (SSSR count). The Balaban J connectivity index is 2.55. The standard InChI is InChI=1S/C4H5NOSe/c1-3-2-5-4(6)7-3/h1-2H2,(H,5,6). The summed E-state index contributed by atoms with van der Waals surface area (Å²) in [5.41, 5.74) is 0. The molecule has 0 aliphatic carbocycles. The number of carbonyl (C=O) groups excluding carboxylic acids is 1. The van der Waals surface area contributed by atoms with Gasteiger partial charge < -0.3 is 0 Å². The van der Waals surface area contributed by atoms with E-state index in [-0.39, 0.29) is 19.8 Å². The van der Waals surface area contributed by atoms with Crippen molar-refractivity contribution in [3.05, 3.63) is 11.1 Å². The fraction of sp³-hybridized carbons (Fsp3) is 0.250. The zero-order chi connectivity index (χ0) is 5.28. The third-order valence-electron chi connectivity index (χ3n) is 0.667. The van der Waals surface area contributed by atoms with Gasteiger partial charge >= 0.3 is 47.5 Å². The van der Waals surface area contributed by atoms with Gasteiger partial charge in [0, 0.05) is 0 Å². The first kappa shape index (κ1) is 4.88. The van der Waals surface area contributed by atoms with E-state index in [2.05, 4.69) is 11.9 Å². The van der Waals surface area contributed by atoms with E-state index in [1.54, 1.807) is 0 Å². The molecule has 38 valence electrons. The molecule has 0 aromatic carbocycles. The second-order valence-electron chi connectivity index (χ2n) is 1.28. The molecular weight excluding hydrogens is 157 g/mol. The monoisotopic (exact) mass is 163 g/mol. The predicted octanol–water partition coefficient (Wildman–Crippen LogP) is -0.0725. The predicted molar refractivity (Wildman–Crippen MR) is 28.3 cm³/mol. The van der Waals surface area contributed by atoms with Crippen LogP contribution in [0.2, 0.25) is 0 Å². The number of hydrogen-bond donors (Lipinski definition) is 1. The molecule has 0 atom stereocenters. The molecule has 0 spiro atoms. The minimum absolute atomic E-state index is 0.0417. The number of hydrogen-bond acceptors (Lipinski definition) is 1. The summed E-state index contributed by atoms with van der Waals surface area (Å²) in [6.07, 6.45) is 0. The molecule has 7 heavy (non-hydrogen) atoms. The summed E-state index contributed by atoms with van der Waals surface area (Å²) in [7, 11) is 0. The second-order valence-corrected chi connectivity index (χ2v) is 3.70. The van der Waals surface area contributed by atoms with E-state index in [9.17, 15) is 4.79 Å². The van der Waals surface area contributed by atoms with Gasteiger partial charge in [0.25, 0.3) is 0 Å². The quantitative estimate of drug-likeness (QED) is 0.496. The van der Waals surface area contributed by atoms with Crippen molar-refractivity contribution in [3.63, 3.8) is 0 Å². The van der Waals surface area contributed by atoms with E-state index in [4.69, 9.17) is 0 Å². The first-order valence-electron chi connectivity index (χ1n) is 1.92. The summed E-state index contributed by atoms with van der Waals surface area (Å²) in [5.74, 6) is 0. The number of rotatable bonds is 0. The molecule has 1 aliphatic heterocycles. The zero-order valence-electron chi connectivity index (χ0n) is 3.73. The van der Waals surface area contributed by atoms with Crippen LogP contribution in [-0.4, -0.2) is 26.3 Å². The maximum atomic E-state index is 10.3. The molecule has 0 bridgehead atoms. The van der Waals surface area contributed by atoms with Crippen molar-refractivity contribution in [2.75, 3.05) is 6.54 Å². The van der Waals surface area contributed by atoms with Gasteiger partial charge in [0.05, 0.1) is 0 Å². The molecule has 1 N–H and O–H groups in total. The molecule has 1 amide bonds. The van der Waals surface area contributed by atoms with Gasteiger partial charge in [0.2, 0.25) is 0 Å². The van der Waals surface area contributed by atoms with Crippen molar-refractivity contribution in [1.29, 1.82) is 0 Å². The molecule has 0 aromatic heterocycles. The molecule has 1 fully saturated rings. The Labute approximate surface area is 48.1 Å². The summed E-state index contributed by atoms with van der Waals surface area (Å²) >= 11 is 0.0417. The fourth-order valence-corrected chi connectivity index (χ4v) is 1.53. The Bertz CT molecular complexity index is 107. The molecule has 3 heteroatoms. The van der Waals surface area contributed by atoms with E-state index in [0.29, 0.717) is 6.54 Å². The molecule has 1 aliphatic rings. The first-order valence-corrected chi connectivity index (χ1v) is 3.64. The van der Waals surface area contributed by atoms with Crippen LogP contribution < -0.4 is 5.32 Å².